The minimum atomic E-state index is -0.163. The highest BCUT2D eigenvalue weighted by Gasteiger charge is 2.46. The molecule has 1 fully saturated rings. The predicted molar refractivity (Wildman–Crippen MR) is 58.2 cm³/mol. The molecule has 0 aromatic heterocycles. The number of hydrogen-bond acceptors (Lipinski definition) is 1. The summed E-state index contributed by atoms with van der Waals surface area (Å²) < 4.78 is 0. The van der Waals surface area contributed by atoms with Crippen LogP contribution in [0.3, 0.4) is 0 Å². The molecule has 1 aromatic rings. The Morgan fingerprint density at radius 3 is 2.29 bits per heavy atom. The largest absolute Gasteiger partial charge is 0.393 e. The van der Waals surface area contributed by atoms with Crippen LogP contribution in [0.2, 0.25) is 0 Å². The molecule has 1 atom stereocenters. The van der Waals surface area contributed by atoms with Crippen molar-refractivity contribution in [1.29, 1.82) is 0 Å². The Morgan fingerprint density at radius 1 is 1.29 bits per heavy atom. The zero-order valence-electron chi connectivity index (χ0n) is 8.96. The Hall–Kier alpha value is -0.820. The van der Waals surface area contributed by atoms with Crippen LogP contribution >= 0.6 is 0 Å². The van der Waals surface area contributed by atoms with Crippen molar-refractivity contribution in [2.75, 3.05) is 0 Å². The number of hydrogen-bond donors (Lipinski definition) is 1. The van der Waals surface area contributed by atoms with Gasteiger partial charge in [0.2, 0.25) is 0 Å². The van der Waals surface area contributed by atoms with E-state index in [2.05, 4.69) is 31.2 Å². The van der Waals surface area contributed by atoms with Gasteiger partial charge < -0.3 is 5.11 Å². The summed E-state index contributed by atoms with van der Waals surface area (Å²) in [6.45, 7) is 4.02. The average Bonchev–Trinajstić information content (AvgIpc) is 2.90. The molecule has 14 heavy (non-hydrogen) atoms. The standard InChI is InChI=1S/C13H18O/c1-10-3-5-12(6-4-10)9-13(7-8-13)11(2)14/h3-6,11,14H,7-9H2,1-2H3. The highest BCUT2D eigenvalue weighted by molar-refractivity contribution is 5.24. The summed E-state index contributed by atoms with van der Waals surface area (Å²) in [6.07, 6.45) is 3.23. The van der Waals surface area contributed by atoms with Gasteiger partial charge in [0, 0.05) is 5.41 Å². The molecule has 0 saturated heterocycles. The van der Waals surface area contributed by atoms with Gasteiger partial charge in [-0.25, -0.2) is 0 Å². The van der Waals surface area contributed by atoms with Crippen LogP contribution in [-0.4, -0.2) is 11.2 Å². The van der Waals surface area contributed by atoms with Gasteiger partial charge >= 0.3 is 0 Å². The molecule has 0 heterocycles. The summed E-state index contributed by atoms with van der Waals surface area (Å²) in [7, 11) is 0. The Labute approximate surface area is 85.8 Å². The SMILES string of the molecule is Cc1ccc(CC2(C(C)O)CC2)cc1. The summed E-state index contributed by atoms with van der Waals surface area (Å²) in [5.74, 6) is 0. The third-order valence-electron chi connectivity index (χ3n) is 3.46. The lowest BCUT2D eigenvalue weighted by Crippen LogP contribution is -2.20. The molecule has 0 amide bonds. The van der Waals surface area contributed by atoms with Crippen molar-refractivity contribution < 1.29 is 5.11 Å². The fourth-order valence-corrected chi connectivity index (χ4v) is 2.02. The fraction of sp³-hybridized carbons (Fsp3) is 0.538. The van der Waals surface area contributed by atoms with Crippen molar-refractivity contribution in [2.24, 2.45) is 5.41 Å². The van der Waals surface area contributed by atoms with Gasteiger partial charge in [-0.15, -0.1) is 0 Å². The van der Waals surface area contributed by atoms with Crippen molar-refractivity contribution in [3.63, 3.8) is 0 Å². The first-order valence-corrected chi connectivity index (χ1v) is 5.36. The van der Waals surface area contributed by atoms with Crippen molar-refractivity contribution in [3.05, 3.63) is 35.4 Å². The smallest absolute Gasteiger partial charge is 0.0571 e. The lowest BCUT2D eigenvalue weighted by molar-refractivity contribution is 0.110. The minimum absolute atomic E-state index is 0.163. The van der Waals surface area contributed by atoms with Crippen LogP contribution < -0.4 is 0 Å². The Balaban J connectivity index is 2.08. The molecular weight excluding hydrogens is 172 g/mol. The summed E-state index contributed by atoms with van der Waals surface area (Å²) in [6, 6.07) is 8.65. The molecule has 0 aliphatic heterocycles. The van der Waals surface area contributed by atoms with Crippen LogP contribution in [0.1, 0.15) is 30.9 Å². The summed E-state index contributed by atoms with van der Waals surface area (Å²) in [5, 5.41) is 9.66. The number of rotatable bonds is 3. The minimum Gasteiger partial charge on any atom is -0.393 e. The fourth-order valence-electron chi connectivity index (χ4n) is 2.02. The number of aliphatic hydroxyl groups excluding tert-OH is 1. The second-order valence-corrected chi connectivity index (χ2v) is 4.70. The molecule has 0 radical (unpaired) electrons. The van der Waals surface area contributed by atoms with Crippen LogP contribution in [0.4, 0.5) is 0 Å². The lowest BCUT2D eigenvalue weighted by atomic mass is 9.91. The zero-order valence-corrected chi connectivity index (χ0v) is 8.96. The predicted octanol–water partition coefficient (Wildman–Crippen LogP) is 2.70. The van der Waals surface area contributed by atoms with Crippen molar-refractivity contribution in [1.82, 2.24) is 0 Å². The quantitative estimate of drug-likeness (QED) is 0.777. The van der Waals surface area contributed by atoms with E-state index in [1.807, 2.05) is 6.92 Å². The van der Waals surface area contributed by atoms with E-state index in [-0.39, 0.29) is 11.5 Å². The molecule has 0 bridgehead atoms. The molecule has 2 rings (SSSR count). The van der Waals surface area contributed by atoms with Gasteiger partial charge in [-0.05, 0) is 38.7 Å². The van der Waals surface area contributed by atoms with E-state index in [1.165, 1.54) is 24.0 Å². The Morgan fingerprint density at radius 2 is 1.86 bits per heavy atom. The van der Waals surface area contributed by atoms with Crippen molar-refractivity contribution in [3.8, 4) is 0 Å². The van der Waals surface area contributed by atoms with Crippen molar-refractivity contribution >= 4 is 0 Å². The summed E-state index contributed by atoms with van der Waals surface area (Å²) in [5.41, 5.74) is 2.86. The molecule has 1 aliphatic rings. The van der Waals surface area contributed by atoms with Gasteiger partial charge in [0.05, 0.1) is 6.10 Å². The lowest BCUT2D eigenvalue weighted by Gasteiger charge is -2.18. The number of aryl methyl sites for hydroxylation is 1. The normalized spacial score (nSPS) is 20.5. The van der Waals surface area contributed by atoms with E-state index in [0.29, 0.717) is 0 Å². The Bertz CT molecular complexity index is 307. The first-order valence-electron chi connectivity index (χ1n) is 5.36. The van der Waals surface area contributed by atoms with Crippen LogP contribution in [0.5, 0.6) is 0 Å². The summed E-state index contributed by atoms with van der Waals surface area (Å²) >= 11 is 0. The molecule has 1 heteroatoms. The van der Waals surface area contributed by atoms with E-state index in [4.69, 9.17) is 0 Å². The molecule has 1 nitrogen and oxygen atoms in total. The zero-order chi connectivity index (χ0) is 10.2. The van der Waals surface area contributed by atoms with Crippen molar-refractivity contribution in [2.45, 2.75) is 39.2 Å². The van der Waals surface area contributed by atoms with E-state index < -0.39 is 0 Å². The van der Waals surface area contributed by atoms with Gasteiger partial charge in [-0.2, -0.15) is 0 Å². The maximum absolute atomic E-state index is 9.66. The molecule has 76 valence electrons. The third kappa shape index (κ3) is 1.83. The molecule has 1 N–H and O–H groups in total. The van der Waals surface area contributed by atoms with Crippen LogP contribution in [0, 0.1) is 12.3 Å². The Kier molecular flexibility index (Phi) is 2.36. The second-order valence-electron chi connectivity index (χ2n) is 4.70. The van der Waals surface area contributed by atoms with E-state index in [9.17, 15) is 5.11 Å². The van der Waals surface area contributed by atoms with E-state index in [1.54, 1.807) is 0 Å². The van der Waals surface area contributed by atoms with E-state index in [0.717, 1.165) is 6.42 Å². The maximum Gasteiger partial charge on any atom is 0.0571 e. The molecular formula is C13H18O. The third-order valence-corrected chi connectivity index (χ3v) is 3.46. The summed E-state index contributed by atoms with van der Waals surface area (Å²) in [4.78, 5) is 0. The van der Waals surface area contributed by atoms with Crippen LogP contribution in [0.25, 0.3) is 0 Å². The molecule has 1 saturated carbocycles. The molecule has 1 aromatic carbocycles. The molecule has 1 unspecified atom stereocenters. The van der Waals surface area contributed by atoms with Gasteiger partial charge in [-0.3, -0.25) is 0 Å². The molecule has 1 aliphatic carbocycles. The molecule has 0 spiro atoms. The van der Waals surface area contributed by atoms with Crippen LogP contribution in [0.15, 0.2) is 24.3 Å². The highest BCUT2D eigenvalue weighted by atomic mass is 16.3. The maximum atomic E-state index is 9.66. The monoisotopic (exact) mass is 190 g/mol. The number of aliphatic hydroxyl groups is 1. The van der Waals surface area contributed by atoms with E-state index >= 15 is 0 Å². The first kappa shape index (κ1) is 9.72. The van der Waals surface area contributed by atoms with Crippen LogP contribution in [-0.2, 0) is 6.42 Å². The van der Waals surface area contributed by atoms with Gasteiger partial charge in [0.15, 0.2) is 0 Å². The highest BCUT2D eigenvalue weighted by Crippen LogP contribution is 2.51. The first-order chi connectivity index (χ1) is 6.62. The number of benzene rings is 1. The topological polar surface area (TPSA) is 20.2 Å². The van der Waals surface area contributed by atoms with Gasteiger partial charge in [0.25, 0.3) is 0 Å². The van der Waals surface area contributed by atoms with Gasteiger partial charge in [-0.1, -0.05) is 29.8 Å². The second kappa shape index (κ2) is 3.39. The van der Waals surface area contributed by atoms with Gasteiger partial charge in [0.1, 0.15) is 0 Å². The average molecular weight is 190 g/mol.